The Kier molecular flexibility index (Phi) is 13.1. The van der Waals surface area contributed by atoms with Gasteiger partial charge in [0, 0.05) is 28.4 Å². The summed E-state index contributed by atoms with van der Waals surface area (Å²) in [5.41, 5.74) is 0. The average Bonchev–Trinajstić information content (AvgIpc) is 2.98. The van der Waals surface area contributed by atoms with E-state index in [-0.39, 0.29) is 0 Å². The Labute approximate surface area is 163 Å². The van der Waals surface area contributed by atoms with Crippen LogP contribution in [0.4, 0.5) is 0 Å². The Balaban J connectivity index is 0.000000525. The number of aldehydes is 1. The van der Waals surface area contributed by atoms with Crippen LogP contribution in [0, 0.1) is 0 Å². The van der Waals surface area contributed by atoms with Crippen LogP contribution in [0.2, 0.25) is 0 Å². The Morgan fingerprint density at radius 1 is 1.04 bits per heavy atom. The highest BCUT2D eigenvalue weighted by Crippen LogP contribution is 2.31. The Bertz CT molecular complexity index is 418. The molecule has 168 valence electrons. The molecule has 6 N–H and O–H groups in total. The lowest BCUT2D eigenvalue weighted by Gasteiger charge is -2.30. The van der Waals surface area contributed by atoms with Crippen LogP contribution in [0.3, 0.4) is 0 Å². The summed E-state index contributed by atoms with van der Waals surface area (Å²) < 4.78 is 24.6. The van der Waals surface area contributed by atoms with Crippen LogP contribution in [-0.2, 0) is 28.5 Å². The van der Waals surface area contributed by atoms with Crippen LogP contribution in [0.15, 0.2) is 0 Å². The number of carbonyl (C=O) groups excluding carboxylic acids is 1. The lowest BCUT2D eigenvalue weighted by molar-refractivity contribution is -0.263. The molecule has 0 unspecified atom stereocenters. The molecule has 0 amide bonds. The van der Waals surface area contributed by atoms with Gasteiger partial charge in [-0.15, -0.1) is 0 Å². The predicted molar refractivity (Wildman–Crippen MR) is 92.3 cm³/mol. The molecule has 0 saturated carbocycles. The molecule has 1 heterocycles. The van der Waals surface area contributed by atoms with E-state index in [0.29, 0.717) is 6.29 Å². The summed E-state index contributed by atoms with van der Waals surface area (Å²) in [6.07, 6.45) is -6.54. The summed E-state index contributed by atoms with van der Waals surface area (Å²) in [5, 5.41) is 54.7. The molecular weight excluding hydrogens is 384 g/mol. The number of ether oxygens (including phenoxy) is 5. The minimum absolute atomic E-state index is 0.441. The van der Waals surface area contributed by atoms with Gasteiger partial charge in [0.05, 0.1) is 13.2 Å². The van der Waals surface area contributed by atoms with E-state index < -0.39 is 68.3 Å². The lowest BCUT2D eigenvalue weighted by Crippen LogP contribution is -2.49. The largest absolute Gasteiger partial charge is 0.394 e. The van der Waals surface area contributed by atoms with Gasteiger partial charge >= 0.3 is 0 Å². The molecule has 1 aliphatic heterocycles. The number of hydrogen-bond acceptors (Lipinski definition) is 12. The number of aliphatic hydroxyl groups excluding tert-OH is 6. The second kappa shape index (κ2) is 13.5. The predicted octanol–water partition coefficient (Wildman–Crippen LogP) is -3.98. The van der Waals surface area contributed by atoms with E-state index in [1.807, 2.05) is 0 Å². The summed E-state index contributed by atoms with van der Waals surface area (Å²) in [6, 6.07) is 0. The molecule has 1 aliphatic rings. The normalized spacial score (nSPS) is 31.4. The van der Waals surface area contributed by atoms with E-state index in [1.165, 1.54) is 28.4 Å². The van der Waals surface area contributed by atoms with E-state index in [9.17, 15) is 20.1 Å². The van der Waals surface area contributed by atoms with Gasteiger partial charge in [-0.2, -0.15) is 0 Å². The van der Waals surface area contributed by atoms with Gasteiger partial charge in [-0.25, -0.2) is 0 Å². The van der Waals surface area contributed by atoms with E-state index in [4.69, 9.17) is 39.0 Å². The topological polar surface area (TPSA) is 185 Å². The van der Waals surface area contributed by atoms with Crippen molar-refractivity contribution in [3.63, 3.8) is 0 Å². The highest BCUT2D eigenvalue weighted by molar-refractivity contribution is 5.57. The molecule has 1 saturated heterocycles. The maximum Gasteiger partial charge on any atom is 0.221 e. The molecule has 0 bridgehead atoms. The fourth-order valence-electron chi connectivity index (χ4n) is 2.70. The van der Waals surface area contributed by atoms with Gasteiger partial charge in [0.1, 0.15) is 49.3 Å². The molecular formula is C16H32O12. The van der Waals surface area contributed by atoms with Crippen LogP contribution in [0.1, 0.15) is 0 Å². The summed E-state index contributed by atoms with van der Waals surface area (Å²) >= 11 is 0. The Morgan fingerprint density at radius 3 is 1.86 bits per heavy atom. The quantitative estimate of drug-likeness (QED) is 0.180. The Morgan fingerprint density at radius 2 is 1.61 bits per heavy atom. The maximum atomic E-state index is 10.7. The third-order valence-corrected chi connectivity index (χ3v) is 4.42. The van der Waals surface area contributed by atoms with E-state index in [0.717, 1.165) is 0 Å². The van der Waals surface area contributed by atoms with Gasteiger partial charge in [-0.3, -0.25) is 0 Å². The van der Waals surface area contributed by atoms with Gasteiger partial charge in [-0.1, -0.05) is 0 Å². The van der Waals surface area contributed by atoms with Crippen molar-refractivity contribution < 1.29 is 59.1 Å². The molecule has 1 rings (SSSR count). The van der Waals surface area contributed by atoms with Crippen molar-refractivity contribution in [2.75, 3.05) is 48.3 Å². The van der Waals surface area contributed by atoms with Crippen molar-refractivity contribution in [1.82, 2.24) is 0 Å². The van der Waals surface area contributed by atoms with Crippen LogP contribution in [0.5, 0.6) is 0 Å². The molecule has 28 heavy (non-hydrogen) atoms. The summed E-state index contributed by atoms with van der Waals surface area (Å²) in [6.45, 7) is -1.50. The smallest absolute Gasteiger partial charge is 0.221 e. The first-order valence-corrected chi connectivity index (χ1v) is 8.40. The maximum absolute atomic E-state index is 10.7. The molecule has 0 spiro atoms. The lowest BCUT2D eigenvalue weighted by atomic mass is 10.0. The molecule has 0 aromatic carbocycles. The highest BCUT2D eigenvalue weighted by Gasteiger charge is 2.54. The molecule has 0 aliphatic carbocycles. The number of rotatable bonds is 11. The molecule has 0 aromatic rings. The SMILES string of the molecule is CO[C@@H]([C@H](OC)[C@H](C=O)OC)[C@H](O)CO.CO[C@]1(CO)O[C@H](CO)[C@@H](O)[C@@H]1O. The van der Waals surface area contributed by atoms with E-state index >= 15 is 0 Å². The molecule has 1 fully saturated rings. The van der Waals surface area contributed by atoms with Gasteiger partial charge < -0.3 is 59.1 Å². The fourth-order valence-corrected chi connectivity index (χ4v) is 2.70. The standard InChI is InChI=1S/C9H18O6.C7H14O6/c1-13-7(5-11)9(15-3)8(14-2)6(12)4-10;1-12-7(3-9)6(11)5(10)4(2-8)13-7/h5-10,12H,4H2,1-3H3;4-6,8-11H,2-3H2,1H3/t6-,7+,8-,9-;4-,5-,6+,7-/m11/s1. The molecule has 12 heteroatoms. The summed E-state index contributed by atoms with van der Waals surface area (Å²) in [4.78, 5) is 10.7. The first kappa shape index (κ1) is 27.2. The third-order valence-electron chi connectivity index (χ3n) is 4.42. The van der Waals surface area contributed by atoms with Crippen LogP contribution >= 0.6 is 0 Å². The molecule has 0 aromatic heterocycles. The van der Waals surface area contributed by atoms with Crippen molar-refractivity contribution in [1.29, 1.82) is 0 Å². The number of carbonyl (C=O) groups is 1. The minimum atomic E-state index is -1.62. The zero-order valence-corrected chi connectivity index (χ0v) is 16.4. The molecule has 8 atom stereocenters. The number of hydrogen-bond donors (Lipinski definition) is 6. The van der Waals surface area contributed by atoms with Crippen molar-refractivity contribution in [3.8, 4) is 0 Å². The van der Waals surface area contributed by atoms with Crippen molar-refractivity contribution in [2.24, 2.45) is 0 Å². The second-order valence-electron chi connectivity index (χ2n) is 5.94. The van der Waals surface area contributed by atoms with Crippen molar-refractivity contribution in [2.45, 2.75) is 48.5 Å². The van der Waals surface area contributed by atoms with Gasteiger partial charge in [0.25, 0.3) is 0 Å². The summed E-state index contributed by atoms with van der Waals surface area (Å²) in [7, 11) is 5.32. The van der Waals surface area contributed by atoms with Gasteiger partial charge in [-0.05, 0) is 0 Å². The van der Waals surface area contributed by atoms with Gasteiger partial charge in [0.15, 0.2) is 6.29 Å². The monoisotopic (exact) mass is 416 g/mol. The average molecular weight is 416 g/mol. The minimum Gasteiger partial charge on any atom is -0.394 e. The summed E-state index contributed by atoms with van der Waals surface area (Å²) in [5.74, 6) is -1.62. The molecule has 0 radical (unpaired) electrons. The zero-order chi connectivity index (χ0) is 21.9. The number of aliphatic hydroxyl groups is 6. The van der Waals surface area contributed by atoms with E-state index in [2.05, 4.69) is 0 Å². The molecule has 12 nitrogen and oxygen atoms in total. The van der Waals surface area contributed by atoms with Crippen molar-refractivity contribution in [3.05, 3.63) is 0 Å². The van der Waals surface area contributed by atoms with Crippen LogP contribution in [-0.4, -0.2) is 134 Å². The Hall–Kier alpha value is -0.770. The van der Waals surface area contributed by atoms with Crippen molar-refractivity contribution >= 4 is 6.29 Å². The second-order valence-corrected chi connectivity index (χ2v) is 5.94. The first-order valence-electron chi connectivity index (χ1n) is 8.40. The highest BCUT2D eigenvalue weighted by atomic mass is 16.7. The first-order chi connectivity index (χ1) is 13.3. The van der Waals surface area contributed by atoms with Crippen LogP contribution in [0.25, 0.3) is 0 Å². The third kappa shape index (κ3) is 6.37. The van der Waals surface area contributed by atoms with E-state index in [1.54, 1.807) is 0 Å². The number of methoxy groups -OCH3 is 4. The van der Waals surface area contributed by atoms with Gasteiger partial charge in [0.2, 0.25) is 5.79 Å². The fraction of sp³-hybridized carbons (Fsp3) is 0.938. The van der Waals surface area contributed by atoms with Crippen LogP contribution < -0.4 is 0 Å². The zero-order valence-electron chi connectivity index (χ0n) is 16.4.